The highest BCUT2D eigenvalue weighted by molar-refractivity contribution is 7.22. The second kappa shape index (κ2) is 11.5. The summed E-state index contributed by atoms with van der Waals surface area (Å²) in [5, 5.41) is 0.681. The fraction of sp³-hybridized carbons (Fsp3) is 0.462. The van der Waals surface area contributed by atoms with Crippen LogP contribution >= 0.6 is 11.3 Å². The van der Waals surface area contributed by atoms with Crippen LogP contribution in [0.1, 0.15) is 42.3 Å². The first-order valence-electron chi connectivity index (χ1n) is 11.7. The number of amides is 1. The van der Waals surface area contributed by atoms with Crippen LogP contribution in [-0.2, 0) is 0 Å². The Morgan fingerprint density at radius 2 is 1.53 bits per heavy atom. The summed E-state index contributed by atoms with van der Waals surface area (Å²) in [4.78, 5) is 22.6. The van der Waals surface area contributed by atoms with Crippen molar-refractivity contribution in [1.82, 2.24) is 9.88 Å². The molecule has 0 bridgehead atoms. The molecule has 2 aromatic carbocycles. The summed E-state index contributed by atoms with van der Waals surface area (Å²) in [5.74, 6) is 1.37. The van der Waals surface area contributed by atoms with Crippen LogP contribution in [0.5, 0.6) is 17.2 Å². The minimum atomic E-state index is -0.153. The third-order valence-electron chi connectivity index (χ3n) is 5.22. The van der Waals surface area contributed by atoms with E-state index in [1.165, 1.54) is 16.9 Å². The summed E-state index contributed by atoms with van der Waals surface area (Å²) in [7, 11) is 3.98. The highest BCUT2D eigenvalue weighted by Gasteiger charge is 2.25. The molecule has 7 nitrogen and oxygen atoms in total. The molecule has 8 heteroatoms. The third-order valence-corrected chi connectivity index (χ3v) is 6.25. The molecule has 0 aliphatic carbocycles. The molecule has 0 saturated heterocycles. The molecule has 0 atom stereocenters. The molecule has 3 rings (SSSR count). The molecule has 0 fully saturated rings. The van der Waals surface area contributed by atoms with E-state index >= 15 is 0 Å². The van der Waals surface area contributed by atoms with Crippen LogP contribution in [0.4, 0.5) is 5.13 Å². The predicted octanol–water partition coefficient (Wildman–Crippen LogP) is 5.32. The summed E-state index contributed by atoms with van der Waals surface area (Å²) in [6.07, 6.45) is 0. The van der Waals surface area contributed by atoms with Gasteiger partial charge in [0.1, 0.15) is 0 Å². The van der Waals surface area contributed by atoms with Gasteiger partial charge in [0.05, 0.1) is 30.0 Å². The number of likely N-dealkylation sites (N-methyl/N-ethyl adjacent to an activating group) is 1. The van der Waals surface area contributed by atoms with Gasteiger partial charge >= 0.3 is 0 Å². The number of aryl methyl sites for hydroxylation is 2. The fourth-order valence-corrected chi connectivity index (χ4v) is 4.89. The minimum absolute atomic E-state index is 0.153. The molecular formula is C26H35N3O4S. The van der Waals surface area contributed by atoms with Crippen LogP contribution in [0.3, 0.4) is 0 Å². The molecule has 0 radical (unpaired) electrons. The van der Waals surface area contributed by atoms with E-state index in [2.05, 4.69) is 30.9 Å². The molecule has 184 valence electrons. The van der Waals surface area contributed by atoms with E-state index in [9.17, 15) is 4.79 Å². The number of fused-ring (bicyclic) bond motifs is 1. The smallest absolute Gasteiger partial charge is 0.260 e. The second-order valence-electron chi connectivity index (χ2n) is 8.29. The Labute approximate surface area is 206 Å². The van der Waals surface area contributed by atoms with Gasteiger partial charge in [0.25, 0.3) is 5.91 Å². The van der Waals surface area contributed by atoms with Crippen LogP contribution in [0.2, 0.25) is 0 Å². The lowest BCUT2D eigenvalue weighted by Gasteiger charge is -2.23. The van der Waals surface area contributed by atoms with Gasteiger partial charge in [0.2, 0.25) is 5.75 Å². The van der Waals surface area contributed by atoms with Gasteiger partial charge in [0, 0.05) is 18.7 Å². The molecular weight excluding hydrogens is 450 g/mol. The average molecular weight is 486 g/mol. The number of anilines is 1. The molecule has 1 aromatic heterocycles. The van der Waals surface area contributed by atoms with Crippen LogP contribution in [-0.4, -0.2) is 62.8 Å². The molecule has 34 heavy (non-hydrogen) atoms. The zero-order valence-electron chi connectivity index (χ0n) is 21.2. The SMILES string of the molecule is CCOc1cc(C(=O)N(CCN(C)C)c2nc3c(C)cc(C)cc3s2)cc(OCC)c1OCC. The largest absolute Gasteiger partial charge is 0.490 e. The number of hydrogen-bond acceptors (Lipinski definition) is 7. The predicted molar refractivity (Wildman–Crippen MR) is 139 cm³/mol. The first-order chi connectivity index (χ1) is 16.3. The van der Waals surface area contributed by atoms with E-state index in [1.54, 1.807) is 17.0 Å². The fourth-order valence-electron chi connectivity index (χ4n) is 3.73. The molecule has 0 N–H and O–H groups in total. The van der Waals surface area contributed by atoms with E-state index in [0.717, 1.165) is 15.8 Å². The Morgan fingerprint density at radius 3 is 2.09 bits per heavy atom. The van der Waals surface area contributed by atoms with E-state index < -0.39 is 0 Å². The van der Waals surface area contributed by atoms with Crippen LogP contribution in [0.25, 0.3) is 10.2 Å². The van der Waals surface area contributed by atoms with Crippen LogP contribution < -0.4 is 19.1 Å². The molecule has 0 unspecified atom stereocenters. The number of benzene rings is 2. The van der Waals surface area contributed by atoms with Crippen LogP contribution in [0, 0.1) is 13.8 Å². The van der Waals surface area contributed by atoms with Gasteiger partial charge in [0.15, 0.2) is 16.6 Å². The Bertz CT molecular complexity index is 1120. The average Bonchev–Trinajstić information content (AvgIpc) is 3.20. The first-order valence-corrected chi connectivity index (χ1v) is 12.5. The monoisotopic (exact) mass is 485 g/mol. The lowest BCUT2D eigenvalue weighted by Crippen LogP contribution is -2.36. The molecule has 0 saturated carbocycles. The number of ether oxygens (including phenoxy) is 3. The van der Waals surface area contributed by atoms with Gasteiger partial charge in [-0.1, -0.05) is 17.4 Å². The van der Waals surface area contributed by atoms with Gasteiger partial charge in [-0.2, -0.15) is 0 Å². The quantitative estimate of drug-likeness (QED) is 0.366. The molecule has 1 amide bonds. The Hall–Kier alpha value is -2.84. The number of hydrogen-bond donors (Lipinski definition) is 0. The van der Waals surface area contributed by atoms with Gasteiger partial charge in [-0.3, -0.25) is 9.69 Å². The summed E-state index contributed by atoms with van der Waals surface area (Å²) in [5.41, 5.74) is 3.70. The molecule has 1 heterocycles. The second-order valence-corrected chi connectivity index (χ2v) is 9.29. The summed E-state index contributed by atoms with van der Waals surface area (Å²) < 4.78 is 18.5. The molecule has 0 spiro atoms. The number of aromatic nitrogens is 1. The zero-order valence-corrected chi connectivity index (χ0v) is 22.0. The van der Waals surface area contributed by atoms with Crippen molar-refractivity contribution in [3.05, 3.63) is 41.0 Å². The van der Waals surface area contributed by atoms with Crippen molar-refractivity contribution >= 4 is 32.6 Å². The lowest BCUT2D eigenvalue weighted by molar-refractivity contribution is 0.0984. The van der Waals surface area contributed by atoms with E-state index in [0.29, 0.717) is 60.9 Å². The van der Waals surface area contributed by atoms with Crippen molar-refractivity contribution < 1.29 is 19.0 Å². The number of carbonyl (C=O) groups is 1. The zero-order chi connectivity index (χ0) is 24.8. The molecule has 0 aliphatic heterocycles. The van der Waals surface area contributed by atoms with E-state index in [4.69, 9.17) is 19.2 Å². The highest BCUT2D eigenvalue weighted by Crippen LogP contribution is 2.40. The van der Waals surface area contributed by atoms with Crippen molar-refractivity contribution in [2.75, 3.05) is 51.9 Å². The Kier molecular flexibility index (Phi) is 8.74. The molecule has 0 aliphatic rings. The molecule has 3 aromatic rings. The van der Waals surface area contributed by atoms with Crippen molar-refractivity contribution in [3.63, 3.8) is 0 Å². The highest BCUT2D eigenvalue weighted by atomic mass is 32.1. The van der Waals surface area contributed by atoms with E-state index in [1.807, 2.05) is 34.9 Å². The van der Waals surface area contributed by atoms with Crippen molar-refractivity contribution in [2.24, 2.45) is 0 Å². The Balaban J connectivity index is 2.10. The number of rotatable bonds is 11. The minimum Gasteiger partial charge on any atom is -0.490 e. The third kappa shape index (κ3) is 5.80. The maximum Gasteiger partial charge on any atom is 0.260 e. The number of thiazole rings is 1. The van der Waals surface area contributed by atoms with E-state index in [-0.39, 0.29) is 5.91 Å². The summed E-state index contributed by atoms with van der Waals surface area (Å²) in [6.45, 7) is 12.4. The standard InChI is InChI=1S/C26H35N3O4S/c1-8-31-20-15-19(16-21(32-9-2)24(20)33-10-3)25(30)29(12-11-28(6)7)26-27-23-18(5)13-17(4)14-22(23)34-26/h13-16H,8-12H2,1-7H3. The summed E-state index contributed by atoms with van der Waals surface area (Å²) >= 11 is 1.54. The lowest BCUT2D eigenvalue weighted by atomic mass is 10.1. The van der Waals surface area contributed by atoms with Crippen molar-refractivity contribution in [2.45, 2.75) is 34.6 Å². The van der Waals surface area contributed by atoms with Gasteiger partial charge in [-0.25, -0.2) is 4.98 Å². The summed E-state index contributed by atoms with van der Waals surface area (Å²) in [6, 6.07) is 7.72. The number of carbonyl (C=O) groups excluding carboxylic acids is 1. The maximum absolute atomic E-state index is 13.9. The maximum atomic E-state index is 13.9. The van der Waals surface area contributed by atoms with Crippen LogP contribution in [0.15, 0.2) is 24.3 Å². The van der Waals surface area contributed by atoms with Gasteiger partial charge < -0.3 is 19.1 Å². The van der Waals surface area contributed by atoms with Gasteiger partial charge in [-0.05, 0) is 78.0 Å². The number of nitrogens with zero attached hydrogens (tertiary/aromatic N) is 3. The van der Waals surface area contributed by atoms with Crippen molar-refractivity contribution in [3.8, 4) is 17.2 Å². The van der Waals surface area contributed by atoms with Crippen molar-refractivity contribution in [1.29, 1.82) is 0 Å². The first kappa shape index (κ1) is 25.8. The Morgan fingerprint density at radius 1 is 0.912 bits per heavy atom. The topological polar surface area (TPSA) is 64.1 Å². The van der Waals surface area contributed by atoms with Gasteiger partial charge in [-0.15, -0.1) is 0 Å². The normalized spacial score (nSPS) is 11.2.